The molecule has 1 aliphatic heterocycles. The molecule has 0 radical (unpaired) electrons. The molecule has 1 unspecified atom stereocenters. The molecule has 26 heavy (non-hydrogen) atoms. The second-order valence-electron chi connectivity index (χ2n) is 6.13. The second-order valence-corrected chi connectivity index (χ2v) is 6.13. The first kappa shape index (κ1) is 20.1. The van der Waals surface area contributed by atoms with Gasteiger partial charge in [0.1, 0.15) is 5.75 Å². The SMILES string of the molecule is CCOc1ccccc1Oc1ccccc1C(=O)N1CCCC(N)C1.Cl. The molecular formula is C20H25ClN2O3. The highest BCUT2D eigenvalue weighted by molar-refractivity contribution is 5.97. The fourth-order valence-corrected chi connectivity index (χ4v) is 3.02. The minimum atomic E-state index is -0.0420. The van der Waals surface area contributed by atoms with Crippen LogP contribution >= 0.6 is 12.4 Å². The Morgan fingerprint density at radius 3 is 2.46 bits per heavy atom. The predicted molar refractivity (Wildman–Crippen MR) is 104 cm³/mol. The number of hydrogen-bond donors (Lipinski definition) is 1. The molecule has 6 heteroatoms. The van der Waals surface area contributed by atoms with E-state index >= 15 is 0 Å². The van der Waals surface area contributed by atoms with Crippen LogP contribution in [0.15, 0.2) is 48.5 Å². The van der Waals surface area contributed by atoms with Gasteiger partial charge in [-0.25, -0.2) is 0 Å². The number of para-hydroxylation sites is 3. The van der Waals surface area contributed by atoms with Crippen LogP contribution < -0.4 is 15.2 Å². The average Bonchev–Trinajstić information content (AvgIpc) is 2.63. The van der Waals surface area contributed by atoms with Crippen molar-refractivity contribution in [2.45, 2.75) is 25.8 Å². The first-order valence-corrected chi connectivity index (χ1v) is 8.72. The summed E-state index contributed by atoms with van der Waals surface area (Å²) in [5, 5.41) is 0. The molecule has 0 saturated carbocycles. The zero-order valence-corrected chi connectivity index (χ0v) is 15.7. The van der Waals surface area contributed by atoms with Crippen LogP contribution in [0.25, 0.3) is 0 Å². The number of hydrogen-bond acceptors (Lipinski definition) is 4. The van der Waals surface area contributed by atoms with Crippen molar-refractivity contribution < 1.29 is 14.3 Å². The van der Waals surface area contributed by atoms with E-state index in [1.54, 1.807) is 12.1 Å². The van der Waals surface area contributed by atoms with Crippen molar-refractivity contribution in [3.63, 3.8) is 0 Å². The van der Waals surface area contributed by atoms with E-state index in [9.17, 15) is 4.79 Å². The normalized spacial score (nSPS) is 16.5. The summed E-state index contributed by atoms with van der Waals surface area (Å²) in [5.74, 6) is 1.74. The van der Waals surface area contributed by atoms with Gasteiger partial charge in [-0.15, -0.1) is 12.4 Å². The van der Waals surface area contributed by atoms with Crippen LogP contribution in [0.2, 0.25) is 0 Å². The Morgan fingerprint density at radius 1 is 1.12 bits per heavy atom. The van der Waals surface area contributed by atoms with Crippen molar-refractivity contribution in [2.24, 2.45) is 5.73 Å². The fourth-order valence-electron chi connectivity index (χ4n) is 3.02. The smallest absolute Gasteiger partial charge is 0.257 e. The maximum absolute atomic E-state index is 12.9. The van der Waals surface area contributed by atoms with Crippen molar-refractivity contribution >= 4 is 18.3 Å². The van der Waals surface area contributed by atoms with Gasteiger partial charge in [0.25, 0.3) is 5.91 Å². The number of nitrogens with two attached hydrogens (primary N) is 1. The molecule has 3 rings (SSSR count). The molecule has 2 N–H and O–H groups in total. The quantitative estimate of drug-likeness (QED) is 0.860. The largest absolute Gasteiger partial charge is 0.490 e. The van der Waals surface area contributed by atoms with Gasteiger partial charge in [0.15, 0.2) is 11.5 Å². The molecule has 1 aliphatic rings. The van der Waals surface area contributed by atoms with Gasteiger partial charge in [-0.1, -0.05) is 24.3 Å². The Hall–Kier alpha value is -2.24. The molecule has 0 bridgehead atoms. The molecule has 1 atom stereocenters. The lowest BCUT2D eigenvalue weighted by Gasteiger charge is -2.31. The standard InChI is InChI=1S/C20H24N2O3.ClH/c1-2-24-18-11-5-6-12-19(18)25-17-10-4-3-9-16(17)20(23)22-13-7-8-15(21)14-22;/h3-6,9-12,15H,2,7-8,13-14,21H2,1H3;1H. The third-order valence-electron chi connectivity index (χ3n) is 4.23. The zero-order valence-electron chi connectivity index (χ0n) is 14.9. The molecular weight excluding hydrogens is 352 g/mol. The summed E-state index contributed by atoms with van der Waals surface area (Å²) in [6.45, 7) is 3.79. The number of benzene rings is 2. The number of likely N-dealkylation sites (tertiary alicyclic amines) is 1. The van der Waals surface area contributed by atoms with E-state index in [0.717, 1.165) is 19.4 Å². The molecule has 2 aromatic rings. The lowest BCUT2D eigenvalue weighted by atomic mass is 10.0. The van der Waals surface area contributed by atoms with E-state index in [2.05, 4.69) is 0 Å². The molecule has 1 saturated heterocycles. The molecule has 0 spiro atoms. The third-order valence-corrected chi connectivity index (χ3v) is 4.23. The number of ether oxygens (including phenoxy) is 2. The monoisotopic (exact) mass is 376 g/mol. The Bertz CT molecular complexity index is 739. The summed E-state index contributed by atoms with van der Waals surface area (Å²) in [7, 11) is 0. The Kier molecular flexibility index (Phi) is 7.30. The van der Waals surface area contributed by atoms with Gasteiger partial charge < -0.3 is 20.1 Å². The third kappa shape index (κ3) is 4.68. The average molecular weight is 377 g/mol. The van der Waals surface area contributed by atoms with Crippen molar-refractivity contribution in [2.75, 3.05) is 19.7 Å². The highest BCUT2D eigenvalue weighted by atomic mass is 35.5. The van der Waals surface area contributed by atoms with E-state index in [0.29, 0.717) is 36.0 Å². The molecule has 1 heterocycles. The molecule has 1 amide bonds. The van der Waals surface area contributed by atoms with Gasteiger partial charge in [-0.3, -0.25) is 4.79 Å². The first-order valence-electron chi connectivity index (χ1n) is 8.72. The predicted octanol–water partition coefficient (Wildman–Crippen LogP) is 3.86. The van der Waals surface area contributed by atoms with Crippen LogP contribution in [0.5, 0.6) is 17.2 Å². The van der Waals surface area contributed by atoms with Crippen molar-refractivity contribution in [3.05, 3.63) is 54.1 Å². The summed E-state index contributed by atoms with van der Waals surface area (Å²) in [4.78, 5) is 14.7. The van der Waals surface area contributed by atoms with Crippen LogP contribution in [0.1, 0.15) is 30.1 Å². The maximum Gasteiger partial charge on any atom is 0.257 e. The van der Waals surface area contributed by atoms with Crippen LogP contribution in [0, 0.1) is 0 Å². The maximum atomic E-state index is 12.9. The van der Waals surface area contributed by atoms with Gasteiger partial charge in [0, 0.05) is 19.1 Å². The molecule has 1 fully saturated rings. The van der Waals surface area contributed by atoms with E-state index in [4.69, 9.17) is 15.2 Å². The number of amides is 1. The number of carbonyl (C=O) groups excluding carboxylic acids is 1. The van der Waals surface area contributed by atoms with Gasteiger partial charge in [0.05, 0.1) is 12.2 Å². The van der Waals surface area contributed by atoms with E-state index in [1.165, 1.54) is 0 Å². The molecule has 0 aromatic heterocycles. The highest BCUT2D eigenvalue weighted by Gasteiger charge is 2.24. The van der Waals surface area contributed by atoms with Crippen molar-refractivity contribution in [3.8, 4) is 17.2 Å². The number of rotatable bonds is 5. The van der Waals surface area contributed by atoms with Crippen molar-refractivity contribution in [1.29, 1.82) is 0 Å². The van der Waals surface area contributed by atoms with Gasteiger partial charge in [-0.05, 0) is 44.0 Å². The fraction of sp³-hybridized carbons (Fsp3) is 0.350. The Balaban J connectivity index is 0.00000243. The van der Waals surface area contributed by atoms with Crippen LogP contribution in [0.3, 0.4) is 0 Å². The molecule has 0 aliphatic carbocycles. The summed E-state index contributed by atoms with van der Waals surface area (Å²) in [6, 6.07) is 14.8. The summed E-state index contributed by atoms with van der Waals surface area (Å²) in [6.07, 6.45) is 1.90. The van der Waals surface area contributed by atoms with E-state index in [1.807, 2.05) is 48.2 Å². The van der Waals surface area contributed by atoms with Crippen LogP contribution in [0.4, 0.5) is 0 Å². The number of halogens is 1. The Morgan fingerprint density at radius 2 is 1.77 bits per heavy atom. The minimum absolute atomic E-state index is 0. The number of piperidine rings is 1. The summed E-state index contributed by atoms with van der Waals surface area (Å²) >= 11 is 0. The van der Waals surface area contributed by atoms with Crippen molar-refractivity contribution in [1.82, 2.24) is 4.90 Å². The molecule has 140 valence electrons. The first-order chi connectivity index (χ1) is 12.2. The lowest BCUT2D eigenvalue weighted by molar-refractivity contribution is 0.0706. The Labute approximate surface area is 160 Å². The zero-order chi connectivity index (χ0) is 17.6. The topological polar surface area (TPSA) is 64.8 Å². The number of carbonyl (C=O) groups is 1. The molecule has 2 aromatic carbocycles. The van der Waals surface area contributed by atoms with Gasteiger partial charge in [0.2, 0.25) is 0 Å². The van der Waals surface area contributed by atoms with E-state index in [-0.39, 0.29) is 24.4 Å². The van der Waals surface area contributed by atoms with Gasteiger partial charge in [-0.2, -0.15) is 0 Å². The van der Waals surface area contributed by atoms with E-state index < -0.39 is 0 Å². The molecule has 5 nitrogen and oxygen atoms in total. The van der Waals surface area contributed by atoms with Crippen LogP contribution in [-0.2, 0) is 0 Å². The van der Waals surface area contributed by atoms with Crippen LogP contribution in [-0.4, -0.2) is 36.5 Å². The second kappa shape index (κ2) is 9.46. The lowest BCUT2D eigenvalue weighted by Crippen LogP contribution is -2.45. The van der Waals surface area contributed by atoms with Gasteiger partial charge >= 0.3 is 0 Å². The summed E-state index contributed by atoms with van der Waals surface area (Å²) < 4.78 is 11.6. The minimum Gasteiger partial charge on any atom is -0.490 e. The summed E-state index contributed by atoms with van der Waals surface area (Å²) in [5.41, 5.74) is 6.56. The number of nitrogens with zero attached hydrogens (tertiary/aromatic N) is 1. The highest BCUT2D eigenvalue weighted by Crippen LogP contribution is 2.33.